The quantitative estimate of drug-likeness (QED) is 0.651. The lowest BCUT2D eigenvalue weighted by atomic mass is 9.89. The fourth-order valence-corrected chi connectivity index (χ4v) is 2.26. The first-order chi connectivity index (χ1) is 8.68. The van der Waals surface area contributed by atoms with Crippen LogP contribution in [0.25, 0.3) is 0 Å². The molecule has 2 heterocycles. The van der Waals surface area contributed by atoms with Crippen molar-refractivity contribution in [2.75, 3.05) is 46.1 Å². The molecule has 0 amide bonds. The third-order valence-corrected chi connectivity index (χ3v) is 3.47. The zero-order chi connectivity index (χ0) is 12.8. The minimum absolute atomic E-state index is 0.233. The van der Waals surface area contributed by atoms with Crippen LogP contribution >= 0.6 is 0 Å². The monoisotopic (exact) mass is 259 g/mol. The minimum atomic E-state index is -0.448. The Hall–Kier alpha value is -0.200. The molecule has 0 aromatic heterocycles. The highest BCUT2D eigenvalue weighted by atomic mass is 16.5. The number of hydrogen-bond donors (Lipinski definition) is 2. The third kappa shape index (κ3) is 4.48. The normalized spacial score (nSPS) is 28.0. The topological polar surface area (TPSA) is 60.0 Å². The van der Waals surface area contributed by atoms with E-state index in [-0.39, 0.29) is 11.5 Å². The zero-order valence-electron chi connectivity index (χ0n) is 11.2. The van der Waals surface area contributed by atoms with Gasteiger partial charge in [0.2, 0.25) is 0 Å². The summed E-state index contributed by atoms with van der Waals surface area (Å²) in [6.45, 7) is 7.08. The summed E-state index contributed by atoms with van der Waals surface area (Å²) in [5, 5.41) is 13.0. The van der Waals surface area contributed by atoms with Crippen molar-refractivity contribution in [3.63, 3.8) is 0 Å². The predicted octanol–water partition coefficient (Wildman–Crippen LogP) is 0.169. The van der Waals surface area contributed by atoms with Crippen LogP contribution in [0.2, 0.25) is 0 Å². The van der Waals surface area contributed by atoms with Crippen LogP contribution in [0.4, 0.5) is 0 Å². The summed E-state index contributed by atoms with van der Waals surface area (Å²) in [7, 11) is 0. The Morgan fingerprint density at radius 3 is 2.94 bits per heavy atom. The molecule has 18 heavy (non-hydrogen) atoms. The van der Waals surface area contributed by atoms with Gasteiger partial charge in [-0.05, 0) is 12.8 Å². The Labute approximate surface area is 109 Å². The summed E-state index contributed by atoms with van der Waals surface area (Å²) in [5.41, 5.74) is 0.248. The van der Waals surface area contributed by atoms with Crippen molar-refractivity contribution in [1.82, 2.24) is 5.32 Å². The van der Waals surface area contributed by atoms with Gasteiger partial charge in [0.25, 0.3) is 0 Å². The van der Waals surface area contributed by atoms with Crippen LogP contribution < -0.4 is 5.32 Å². The van der Waals surface area contributed by atoms with Gasteiger partial charge in [-0.3, -0.25) is 0 Å². The molecule has 2 rings (SSSR count). The van der Waals surface area contributed by atoms with Gasteiger partial charge in [0.1, 0.15) is 0 Å². The van der Waals surface area contributed by atoms with Gasteiger partial charge in [-0.25, -0.2) is 0 Å². The van der Waals surface area contributed by atoms with Crippen LogP contribution in [0.15, 0.2) is 0 Å². The molecule has 0 radical (unpaired) electrons. The van der Waals surface area contributed by atoms with E-state index in [9.17, 15) is 5.11 Å². The van der Waals surface area contributed by atoms with E-state index in [1.54, 1.807) is 0 Å². The molecule has 0 bridgehead atoms. The molecule has 106 valence electrons. The van der Waals surface area contributed by atoms with Gasteiger partial charge >= 0.3 is 0 Å². The molecule has 2 saturated heterocycles. The molecule has 5 nitrogen and oxygen atoms in total. The third-order valence-electron chi connectivity index (χ3n) is 3.47. The van der Waals surface area contributed by atoms with E-state index < -0.39 is 6.10 Å². The van der Waals surface area contributed by atoms with Gasteiger partial charge in [0.05, 0.1) is 38.6 Å². The van der Waals surface area contributed by atoms with Crippen molar-refractivity contribution < 1.29 is 19.3 Å². The van der Waals surface area contributed by atoms with Crippen LogP contribution in [0.5, 0.6) is 0 Å². The van der Waals surface area contributed by atoms with Crippen molar-refractivity contribution in [1.29, 1.82) is 0 Å². The highest BCUT2D eigenvalue weighted by Crippen LogP contribution is 2.24. The van der Waals surface area contributed by atoms with Crippen LogP contribution in [0.3, 0.4) is 0 Å². The summed E-state index contributed by atoms with van der Waals surface area (Å²) in [4.78, 5) is 0. The van der Waals surface area contributed by atoms with Crippen LogP contribution in [0, 0.1) is 5.41 Å². The molecule has 0 spiro atoms. The fourth-order valence-electron chi connectivity index (χ4n) is 2.26. The van der Waals surface area contributed by atoms with Gasteiger partial charge in [0.15, 0.2) is 0 Å². The number of hydrogen-bond acceptors (Lipinski definition) is 5. The number of ether oxygens (including phenoxy) is 3. The first-order valence-electron chi connectivity index (χ1n) is 6.84. The second-order valence-corrected chi connectivity index (χ2v) is 5.76. The molecular weight excluding hydrogens is 234 g/mol. The molecule has 2 unspecified atom stereocenters. The number of aliphatic hydroxyl groups excluding tert-OH is 1. The van der Waals surface area contributed by atoms with Crippen molar-refractivity contribution in [2.24, 2.45) is 5.41 Å². The highest BCUT2D eigenvalue weighted by molar-refractivity contribution is 4.83. The number of aliphatic hydroxyl groups is 1. The van der Waals surface area contributed by atoms with Crippen molar-refractivity contribution in [3.05, 3.63) is 0 Å². The van der Waals surface area contributed by atoms with E-state index in [0.717, 1.165) is 39.2 Å². The predicted molar refractivity (Wildman–Crippen MR) is 67.6 cm³/mol. The van der Waals surface area contributed by atoms with E-state index in [4.69, 9.17) is 14.2 Å². The number of nitrogens with one attached hydrogen (secondary N) is 1. The summed E-state index contributed by atoms with van der Waals surface area (Å²) in [5.74, 6) is 0. The molecule has 2 atom stereocenters. The number of rotatable bonds is 8. The second-order valence-electron chi connectivity index (χ2n) is 5.76. The van der Waals surface area contributed by atoms with E-state index in [1.807, 2.05) is 0 Å². The second kappa shape index (κ2) is 6.82. The maximum absolute atomic E-state index is 9.75. The molecule has 0 aliphatic carbocycles. The molecule has 2 aliphatic heterocycles. The van der Waals surface area contributed by atoms with Gasteiger partial charge in [0, 0.05) is 25.1 Å². The lowest BCUT2D eigenvalue weighted by Gasteiger charge is -2.38. The molecule has 0 aromatic rings. The Kier molecular flexibility index (Phi) is 5.38. The lowest BCUT2D eigenvalue weighted by Crippen LogP contribution is -2.48. The SMILES string of the molecule is CC1(CNCC(O)COCC2CCCO2)COC1. The van der Waals surface area contributed by atoms with Gasteiger partial charge in [-0.15, -0.1) is 0 Å². The Morgan fingerprint density at radius 1 is 1.50 bits per heavy atom. The first kappa shape index (κ1) is 14.2. The molecule has 5 heteroatoms. The summed E-state index contributed by atoms with van der Waals surface area (Å²) < 4.78 is 16.1. The van der Waals surface area contributed by atoms with E-state index >= 15 is 0 Å². The fraction of sp³-hybridized carbons (Fsp3) is 1.00. The van der Waals surface area contributed by atoms with Crippen LogP contribution in [-0.2, 0) is 14.2 Å². The smallest absolute Gasteiger partial charge is 0.0897 e. The van der Waals surface area contributed by atoms with E-state index in [1.165, 1.54) is 0 Å². The molecule has 0 saturated carbocycles. The van der Waals surface area contributed by atoms with Crippen molar-refractivity contribution in [2.45, 2.75) is 32.0 Å². The maximum Gasteiger partial charge on any atom is 0.0897 e. The van der Waals surface area contributed by atoms with E-state index in [2.05, 4.69) is 12.2 Å². The maximum atomic E-state index is 9.75. The Bertz CT molecular complexity index is 239. The average molecular weight is 259 g/mol. The standard InChI is InChI=1S/C13H25NO4/c1-13(9-17-10-13)8-14-5-11(15)6-16-7-12-3-2-4-18-12/h11-12,14-15H,2-10H2,1H3. The molecule has 2 fully saturated rings. The lowest BCUT2D eigenvalue weighted by molar-refractivity contribution is -0.100. The van der Waals surface area contributed by atoms with Crippen LogP contribution in [-0.4, -0.2) is 63.4 Å². The summed E-state index contributed by atoms with van der Waals surface area (Å²) >= 11 is 0. The molecule has 2 aliphatic rings. The highest BCUT2D eigenvalue weighted by Gasteiger charge is 2.32. The minimum Gasteiger partial charge on any atom is -0.389 e. The summed E-state index contributed by atoms with van der Waals surface area (Å²) in [6, 6.07) is 0. The van der Waals surface area contributed by atoms with Crippen molar-refractivity contribution >= 4 is 0 Å². The zero-order valence-corrected chi connectivity index (χ0v) is 11.2. The molecule has 2 N–H and O–H groups in total. The first-order valence-corrected chi connectivity index (χ1v) is 6.84. The Morgan fingerprint density at radius 2 is 2.33 bits per heavy atom. The largest absolute Gasteiger partial charge is 0.389 e. The van der Waals surface area contributed by atoms with Crippen LogP contribution in [0.1, 0.15) is 19.8 Å². The van der Waals surface area contributed by atoms with Gasteiger partial charge in [-0.1, -0.05) is 6.92 Å². The average Bonchev–Trinajstić information content (AvgIpc) is 2.80. The molecule has 0 aromatic carbocycles. The molecular formula is C13H25NO4. The summed E-state index contributed by atoms with van der Waals surface area (Å²) in [6.07, 6.45) is 1.98. The van der Waals surface area contributed by atoms with Gasteiger partial charge < -0.3 is 24.6 Å². The Balaban J connectivity index is 1.45. The van der Waals surface area contributed by atoms with E-state index in [0.29, 0.717) is 19.8 Å². The van der Waals surface area contributed by atoms with Gasteiger partial charge in [-0.2, -0.15) is 0 Å². The van der Waals surface area contributed by atoms with Crippen molar-refractivity contribution in [3.8, 4) is 0 Å².